The molecule has 1 heterocycles. The molecule has 1 fully saturated rings. The smallest absolute Gasteiger partial charge is 0.315 e. The Bertz CT molecular complexity index is 186. The number of nitrogens with zero attached hydrogens (tertiary/aromatic N) is 1. The Hall–Kier alpha value is -0.290. The lowest BCUT2D eigenvalue weighted by atomic mass is 10.0. The van der Waals surface area contributed by atoms with E-state index in [1.54, 1.807) is 0 Å². The Kier molecular flexibility index (Phi) is 3.66. The number of hydrogen-bond acceptors (Lipinski definition) is 2. The minimum Gasteiger partial charge on any atom is -0.315 e. The molecule has 1 atom stereocenters. The van der Waals surface area contributed by atoms with Crippen LogP contribution in [0.25, 0.3) is 0 Å². The molecule has 0 spiro atoms. The molecule has 1 aliphatic rings. The first-order valence-corrected chi connectivity index (χ1v) is 5.24. The zero-order chi connectivity index (χ0) is 11.7. The largest absolute Gasteiger partial charge is 0.394 e. The molecular weight excluding hydrogens is 205 g/mol. The van der Waals surface area contributed by atoms with Gasteiger partial charge in [0.25, 0.3) is 0 Å². The summed E-state index contributed by atoms with van der Waals surface area (Å²) in [6.45, 7) is 7.29. The van der Waals surface area contributed by atoms with Crippen LogP contribution in [-0.4, -0.2) is 42.8 Å². The van der Waals surface area contributed by atoms with Crippen molar-refractivity contribution < 1.29 is 13.2 Å². The van der Waals surface area contributed by atoms with Crippen LogP contribution in [0.5, 0.6) is 0 Å². The molecule has 1 unspecified atom stereocenters. The lowest BCUT2D eigenvalue weighted by Crippen LogP contribution is -2.46. The first-order chi connectivity index (χ1) is 6.71. The highest BCUT2D eigenvalue weighted by Crippen LogP contribution is 2.29. The van der Waals surface area contributed by atoms with Gasteiger partial charge in [-0.1, -0.05) is 0 Å². The molecule has 0 aromatic heterocycles. The normalized spacial score (nSPS) is 26.4. The maximum Gasteiger partial charge on any atom is 0.394 e. The van der Waals surface area contributed by atoms with E-state index in [-0.39, 0.29) is 18.6 Å². The van der Waals surface area contributed by atoms with Crippen LogP contribution in [0, 0.1) is 5.92 Å². The van der Waals surface area contributed by atoms with E-state index in [2.05, 4.69) is 5.32 Å². The second-order valence-corrected chi connectivity index (χ2v) is 5.06. The van der Waals surface area contributed by atoms with Gasteiger partial charge in [-0.2, -0.15) is 13.2 Å². The molecule has 0 aliphatic carbocycles. The molecule has 0 radical (unpaired) electrons. The summed E-state index contributed by atoms with van der Waals surface area (Å²) >= 11 is 0. The topological polar surface area (TPSA) is 15.3 Å². The van der Waals surface area contributed by atoms with Gasteiger partial charge in [-0.3, -0.25) is 4.90 Å². The van der Waals surface area contributed by atoms with Crippen molar-refractivity contribution in [1.82, 2.24) is 10.2 Å². The Labute approximate surface area is 88.8 Å². The van der Waals surface area contributed by atoms with Gasteiger partial charge in [-0.15, -0.1) is 0 Å². The van der Waals surface area contributed by atoms with Crippen molar-refractivity contribution >= 4 is 0 Å². The van der Waals surface area contributed by atoms with Gasteiger partial charge < -0.3 is 5.32 Å². The molecule has 0 bridgehead atoms. The van der Waals surface area contributed by atoms with Gasteiger partial charge in [-0.25, -0.2) is 0 Å². The first kappa shape index (κ1) is 12.8. The number of rotatable bonds is 0. The summed E-state index contributed by atoms with van der Waals surface area (Å²) in [5, 5.41) is 2.84. The minimum absolute atomic E-state index is 0.0378. The van der Waals surface area contributed by atoms with Crippen molar-refractivity contribution in [2.24, 2.45) is 5.92 Å². The molecule has 15 heavy (non-hydrogen) atoms. The van der Waals surface area contributed by atoms with Crippen LogP contribution >= 0.6 is 0 Å². The summed E-state index contributed by atoms with van der Waals surface area (Å²) in [4.78, 5) is 1.89. The molecule has 0 saturated carbocycles. The summed E-state index contributed by atoms with van der Waals surface area (Å²) in [6, 6.07) is 0. The molecule has 1 rings (SSSR count). The summed E-state index contributed by atoms with van der Waals surface area (Å²) < 4.78 is 37.9. The van der Waals surface area contributed by atoms with Crippen LogP contribution in [0.4, 0.5) is 13.2 Å². The zero-order valence-electron chi connectivity index (χ0n) is 9.49. The van der Waals surface area contributed by atoms with Gasteiger partial charge in [0.15, 0.2) is 0 Å². The molecule has 5 heteroatoms. The highest BCUT2D eigenvalue weighted by Gasteiger charge is 2.42. The second kappa shape index (κ2) is 4.29. The quantitative estimate of drug-likeness (QED) is 0.675. The van der Waals surface area contributed by atoms with Crippen LogP contribution in [0.15, 0.2) is 0 Å². The molecule has 0 aromatic carbocycles. The highest BCUT2D eigenvalue weighted by atomic mass is 19.4. The van der Waals surface area contributed by atoms with Gasteiger partial charge in [0.1, 0.15) is 0 Å². The van der Waals surface area contributed by atoms with Crippen molar-refractivity contribution in [3.8, 4) is 0 Å². The summed E-state index contributed by atoms with van der Waals surface area (Å²) in [6.07, 6.45) is -4.10. The molecule has 0 amide bonds. The van der Waals surface area contributed by atoms with Crippen molar-refractivity contribution in [2.45, 2.75) is 32.5 Å². The summed E-state index contributed by atoms with van der Waals surface area (Å²) in [7, 11) is 0. The van der Waals surface area contributed by atoms with E-state index in [4.69, 9.17) is 0 Å². The molecular formula is C10H19F3N2. The van der Waals surface area contributed by atoms with Crippen LogP contribution in [0.1, 0.15) is 20.8 Å². The molecule has 90 valence electrons. The summed E-state index contributed by atoms with van der Waals surface area (Å²) in [5.74, 6) is -1.25. The van der Waals surface area contributed by atoms with E-state index < -0.39 is 12.1 Å². The van der Waals surface area contributed by atoms with E-state index >= 15 is 0 Å². The standard InChI is InChI=1S/C10H19F3N2/c1-9(2,3)15-5-4-14-6-8(7-15)10(11,12)13/h8,14H,4-7H2,1-3H3. The monoisotopic (exact) mass is 224 g/mol. The lowest BCUT2D eigenvalue weighted by molar-refractivity contribution is -0.178. The van der Waals surface area contributed by atoms with Crippen molar-refractivity contribution in [1.29, 1.82) is 0 Å². The third-order valence-electron chi connectivity index (χ3n) is 2.80. The average Bonchev–Trinajstić information content (AvgIpc) is 2.24. The Morgan fingerprint density at radius 3 is 2.27 bits per heavy atom. The number of nitrogens with one attached hydrogen (secondary N) is 1. The van der Waals surface area contributed by atoms with Crippen molar-refractivity contribution in [2.75, 3.05) is 26.2 Å². The molecule has 2 nitrogen and oxygen atoms in total. The first-order valence-electron chi connectivity index (χ1n) is 5.24. The Morgan fingerprint density at radius 1 is 1.20 bits per heavy atom. The number of alkyl halides is 3. The fourth-order valence-corrected chi connectivity index (χ4v) is 1.74. The number of halogens is 3. The fraction of sp³-hybridized carbons (Fsp3) is 1.00. The van der Waals surface area contributed by atoms with Gasteiger partial charge in [0, 0.05) is 31.7 Å². The predicted octanol–water partition coefficient (Wildman–Crippen LogP) is 1.87. The molecule has 1 saturated heterocycles. The molecule has 0 aromatic rings. The predicted molar refractivity (Wildman–Crippen MR) is 53.7 cm³/mol. The van der Waals surface area contributed by atoms with Crippen LogP contribution < -0.4 is 5.32 Å². The van der Waals surface area contributed by atoms with E-state index in [9.17, 15) is 13.2 Å². The lowest BCUT2D eigenvalue weighted by Gasteiger charge is -2.36. The van der Waals surface area contributed by atoms with Gasteiger partial charge in [-0.05, 0) is 20.8 Å². The maximum atomic E-state index is 12.6. The third kappa shape index (κ3) is 3.65. The van der Waals surface area contributed by atoms with Crippen LogP contribution in [0.3, 0.4) is 0 Å². The van der Waals surface area contributed by atoms with Crippen LogP contribution in [-0.2, 0) is 0 Å². The average molecular weight is 224 g/mol. The van der Waals surface area contributed by atoms with E-state index in [1.165, 1.54) is 0 Å². The zero-order valence-corrected chi connectivity index (χ0v) is 9.49. The Balaban J connectivity index is 2.70. The minimum atomic E-state index is -4.10. The molecule has 1 aliphatic heterocycles. The summed E-state index contributed by atoms with van der Waals surface area (Å²) in [5.41, 5.74) is -0.199. The highest BCUT2D eigenvalue weighted by molar-refractivity contribution is 4.85. The fourth-order valence-electron chi connectivity index (χ4n) is 1.74. The third-order valence-corrected chi connectivity index (χ3v) is 2.80. The van der Waals surface area contributed by atoms with E-state index in [1.807, 2.05) is 25.7 Å². The Morgan fingerprint density at radius 2 is 1.80 bits per heavy atom. The van der Waals surface area contributed by atoms with Gasteiger partial charge in [0.2, 0.25) is 0 Å². The SMILES string of the molecule is CC(C)(C)N1CCNCC(C(F)(F)F)C1. The van der Waals surface area contributed by atoms with E-state index in [0.717, 1.165) is 0 Å². The van der Waals surface area contributed by atoms with Crippen molar-refractivity contribution in [3.63, 3.8) is 0 Å². The van der Waals surface area contributed by atoms with Crippen LogP contribution in [0.2, 0.25) is 0 Å². The van der Waals surface area contributed by atoms with Gasteiger partial charge in [0.05, 0.1) is 5.92 Å². The second-order valence-electron chi connectivity index (χ2n) is 5.06. The maximum absolute atomic E-state index is 12.6. The van der Waals surface area contributed by atoms with Gasteiger partial charge >= 0.3 is 6.18 Å². The van der Waals surface area contributed by atoms with E-state index in [0.29, 0.717) is 13.1 Å². The number of hydrogen-bond donors (Lipinski definition) is 1. The van der Waals surface area contributed by atoms with Crippen molar-refractivity contribution in [3.05, 3.63) is 0 Å². The molecule has 1 N–H and O–H groups in total.